The van der Waals surface area contributed by atoms with Gasteiger partial charge in [-0.25, -0.2) is 0 Å². The Morgan fingerprint density at radius 1 is 1.20 bits per heavy atom. The molecule has 0 bridgehead atoms. The third kappa shape index (κ3) is 4.78. The number of carbonyl (C=O) groups is 2. The minimum atomic E-state index is 0.0358. The fourth-order valence-electron chi connectivity index (χ4n) is 3.12. The fraction of sp³-hybridized carbons (Fsp3) is 0.867. The summed E-state index contributed by atoms with van der Waals surface area (Å²) < 4.78 is 0. The lowest BCUT2D eigenvalue weighted by molar-refractivity contribution is -0.133. The van der Waals surface area contributed by atoms with Gasteiger partial charge >= 0.3 is 0 Å². The molecule has 0 aliphatic carbocycles. The maximum absolute atomic E-state index is 12.2. The van der Waals surface area contributed by atoms with Crippen LogP contribution in [0, 0.1) is 11.8 Å². The molecule has 2 heterocycles. The molecule has 2 fully saturated rings. The maximum Gasteiger partial charge on any atom is 0.222 e. The predicted molar refractivity (Wildman–Crippen MR) is 78.2 cm³/mol. The van der Waals surface area contributed by atoms with Crippen molar-refractivity contribution in [1.82, 2.24) is 15.5 Å². The molecule has 1 unspecified atom stereocenters. The van der Waals surface area contributed by atoms with Gasteiger partial charge in [0.2, 0.25) is 11.8 Å². The summed E-state index contributed by atoms with van der Waals surface area (Å²) in [4.78, 5) is 25.1. The van der Waals surface area contributed by atoms with E-state index in [0.717, 1.165) is 52.0 Å². The lowest BCUT2D eigenvalue weighted by Gasteiger charge is -2.32. The Kier molecular flexibility index (Phi) is 5.83. The van der Waals surface area contributed by atoms with Crippen LogP contribution < -0.4 is 10.6 Å². The third-order valence-electron chi connectivity index (χ3n) is 4.54. The first kappa shape index (κ1) is 15.3. The molecular weight excluding hydrogens is 254 g/mol. The highest BCUT2D eigenvalue weighted by atomic mass is 16.2. The maximum atomic E-state index is 12.2. The average Bonchev–Trinajstić information content (AvgIpc) is 2.96. The number of piperidine rings is 1. The summed E-state index contributed by atoms with van der Waals surface area (Å²) >= 11 is 0. The van der Waals surface area contributed by atoms with Crippen LogP contribution in [0.15, 0.2) is 0 Å². The zero-order valence-electron chi connectivity index (χ0n) is 12.5. The number of nitrogens with zero attached hydrogens (tertiary/aromatic N) is 1. The van der Waals surface area contributed by atoms with Crippen LogP contribution in [0.2, 0.25) is 0 Å². The molecule has 0 aromatic rings. The molecule has 1 atom stereocenters. The van der Waals surface area contributed by atoms with Crippen molar-refractivity contribution in [2.24, 2.45) is 11.8 Å². The van der Waals surface area contributed by atoms with E-state index in [2.05, 4.69) is 10.6 Å². The summed E-state index contributed by atoms with van der Waals surface area (Å²) in [6.07, 6.45) is 4.96. The molecule has 2 rings (SSSR count). The van der Waals surface area contributed by atoms with E-state index < -0.39 is 0 Å². The molecule has 2 aliphatic heterocycles. The first-order chi connectivity index (χ1) is 9.65. The number of nitrogens with one attached hydrogen (secondary N) is 2. The van der Waals surface area contributed by atoms with Crippen LogP contribution in [0.4, 0.5) is 0 Å². The number of likely N-dealkylation sites (tertiary alicyclic amines) is 1. The number of hydrogen-bond acceptors (Lipinski definition) is 3. The number of rotatable bonds is 5. The summed E-state index contributed by atoms with van der Waals surface area (Å²) in [6, 6.07) is 0. The smallest absolute Gasteiger partial charge is 0.222 e. The topological polar surface area (TPSA) is 61.4 Å². The largest absolute Gasteiger partial charge is 0.356 e. The van der Waals surface area contributed by atoms with E-state index in [4.69, 9.17) is 0 Å². The molecule has 0 radical (unpaired) electrons. The molecule has 0 saturated carbocycles. The molecule has 20 heavy (non-hydrogen) atoms. The van der Waals surface area contributed by atoms with Crippen LogP contribution in [0.1, 0.15) is 39.0 Å². The summed E-state index contributed by atoms with van der Waals surface area (Å²) in [5.74, 6) is 1.57. The molecule has 2 aliphatic rings. The van der Waals surface area contributed by atoms with E-state index in [1.165, 1.54) is 6.42 Å². The van der Waals surface area contributed by atoms with E-state index in [1.807, 2.05) is 4.90 Å². The van der Waals surface area contributed by atoms with E-state index >= 15 is 0 Å². The van der Waals surface area contributed by atoms with Gasteiger partial charge in [0, 0.05) is 33.0 Å². The zero-order chi connectivity index (χ0) is 14.4. The summed E-state index contributed by atoms with van der Waals surface area (Å²) in [5.41, 5.74) is 0. The summed E-state index contributed by atoms with van der Waals surface area (Å²) in [6.45, 7) is 6.19. The second-order valence-electron chi connectivity index (χ2n) is 6.16. The Hall–Kier alpha value is -1.10. The van der Waals surface area contributed by atoms with E-state index in [1.54, 1.807) is 6.92 Å². The summed E-state index contributed by atoms with van der Waals surface area (Å²) in [5, 5.41) is 6.22. The Morgan fingerprint density at radius 3 is 2.55 bits per heavy atom. The highest BCUT2D eigenvalue weighted by Gasteiger charge is 2.23. The van der Waals surface area contributed by atoms with Crippen molar-refractivity contribution in [1.29, 1.82) is 0 Å². The Labute approximate surface area is 121 Å². The Morgan fingerprint density at radius 2 is 1.95 bits per heavy atom. The molecule has 2 N–H and O–H groups in total. The molecule has 2 saturated heterocycles. The zero-order valence-corrected chi connectivity index (χ0v) is 12.5. The highest BCUT2D eigenvalue weighted by molar-refractivity contribution is 5.76. The first-order valence-corrected chi connectivity index (χ1v) is 7.88. The van der Waals surface area contributed by atoms with Crippen LogP contribution in [0.25, 0.3) is 0 Å². The van der Waals surface area contributed by atoms with Crippen LogP contribution >= 0.6 is 0 Å². The van der Waals surface area contributed by atoms with Crippen LogP contribution in [-0.2, 0) is 9.59 Å². The molecule has 0 spiro atoms. The summed E-state index contributed by atoms with van der Waals surface area (Å²) in [7, 11) is 0. The van der Waals surface area contributed by atoms with E-state index in [-0.39, 0.29) is 5.91 Å². The van der Waals surface area contributed by atoms with Crippen LogP contribution in [-0.4, -0.2) is 49.4 Å². The van der Waals surface area contributed by atoms with Gasteiger partial charge in [-0.2, -0.15) is 0 Å². The van der Waals surface area contributed by atoms with Crippen molar-refractivity contribution in [2.45, 2.75) is 39.0 Å². The quantitative estimate of drug-likeness (QED) is 0.782. The van der Waals surface area contributed by atoms with Crippen molar-refractivity contribution in [2.75, 3.05) is 32.7 Å². The molecule has 0 aromatic heterocycles. The lowest BCUT2D eigenvalue weighted by Crippen LogP contribution is -2.41. The highest BCUT2D eigenvalue weighted by Crippen LogP contribution is 2.19. The van der Waals surface area contributed by atoms with Gasteiger partial charge in [-0.1, -0.05) is 0 Å². The van der Waals surface area contributed by atoms with Gasteiger partial charge in [0.1, 0.15) is 0 Å². The van der Waals surface area contributed by atoms with E-state index in [0.29, 0.717) is 24.2 Å². The van der Waals surface area contributed by atoms with Crippen molar-refractivity contribution in [3.63, 3.8) is 0 Å². The molecule has 5 nitrogen and oxygen atoms in total. The number of hydrogen-bond donors (Lipinski definition) is 2. The Bertz CT molecular complexity index is 332. The number of carbonyl (C=O) groups excluding carboxylic acids is 2. The van der Waals surface area contributed by atoms with Crippen molar-refractivity contribution in [3.8, 4) is 0 Å². The van der Waals surface area contributed by atoms with Crippen LogP contribution in [0.5, 0.6) is 0 Å². The van der Waals surface area contributed by atoms with Gasteiger partial charge in [-0.05, 0) is 50.6 Å². The van der Waals surface area contributed by atoms with Gasteiger partial charge in [-0.3, -0.25) is 9.59 Å². The van der Waals surface area contributed by atoms with Crippen molar-refractivity contribution in [3.05, 3.63) is 0 Å². The lowest BCUT2D eigenvalue weighted by atomic mass is 9.96. The monoisotopic (exact) mass is 281 g/mol. The number of amides is 2. The second kappa shape index (κ2) is 7.62. The van der Waals surface area contributed by atoms with E-state index in [9.17, 15) is 9.59 Å². The Balaban J connectivity index is 1.62. The van der Waals surface area contributed by atoms with Gasteiger partial charge in [0.05, 0.1) is 0 Å². The first-order valence-electron chi connectivity index (χ1n) is 7.88. The van der Waals surface area contributed by atoms with Gasteiger partial charge < -0.3 is 15.5 Å². The minimum Gasteiger partial charge on any atom is -0.356 e. The second-order valence-corrected chi connectivity index (χ2v) is 6.16. The molecule has 2 amide bonds. The molecule has 0 aromatic carbocycles. The molecule has 114 valence electrons. The van der Waals surface area contributed by atoms with Gasteiger partial charge in [0.25, 0.3) is 0 Å². The molecule has 5 heteroatoms. The van der Waals surface area contributed by atoms with Gasteiger partial charge in [0.15, 0.2) is 0 Å². The minimum absolute atomic E-state index is 0.0358. The average molecular weight is 281 g/mol. The molecular formula is C15H27N3O2. The standard InChI is InChI=1S/C15H27N3O2/c1-12(19)17-11-14-5-8-18(9-6-14)15(20)3-2-13-4-7-16-10-13/h13-14,16H,2-11H2,1H3,(H,17,19). The van der Waals surface area contributed by atoms with Crippen molar-refractivity contribution < 1.29 is 9.59 Å². The van der Waals surface area contributed by atoms with Crippen molar-refractivity contribution >= 4 is 11.8 Å². The van der Waals surface area contributed by atoms with Crippen LogP contribution in [0.3, 0.4) is 0 Å². The van der Waals surface area contributed by atoms with Gasteiger partial charge in [-0.15, -0.1) is 0 Å². The predicted octanol–water partition coefficient (Wildman–Crippen LogP) is 0.751. The SMILES string of the molecule is CC(=O)NCC1CCN(C(=O)CCC2CCNC2)CC1. The third-order valence-corrected chi connectivity index (χ3v) is 4.54. The fourth-order valence-corrected chi connectivity index (χ4v) is 3.12. The normalized spacial score (nSPS) is 23.9.